The Balaban J connectivity index is 2.44. The van der Waals surface area contributed by atoms with E-state index in [2.05, 4.69) is 25.2 Å². The zero-order chi connectivity index (χ0) is 8.10. The van der Waals surface area contributed by atoms with Gasteiger partial charge in [0.25, 0.3) is 0 Å². The summed E-state index contributed by atoms with van der Waals surface area (Å²) in [5, 5.41) is 0. The first kappa shape index (κ1) is 8.54. The first-order valence-electron chi connectivity index (χ1n) is 4.19. The standard InChI is InChI=1S/C10H16O/c1-9(8-11-2)10-6-4-3-5-7-10/h3-4,6,9H,5,7-8H2,1-2H3/t9-/m0/s1. The second kappa shape index (κ2) is 4.35. The number of methoxy groups -OCH3 is 1. The van der Waals surface area contributed by atoms with E-state index in [9.17, 15) is 0 Å². The van der Waals surface area contributed by atoms with E-state index in [-0.39, 0.29) is 0 Å². The third-order valence-electron chi connectivity index (χ3n) is 2.10. The van der Waals surface area contributed by atoms with Crippen LogP contribution in [0.25, 0.3) is 0 Å². The van der Waals surface area contributed by atoms with Gasteiger partial charge in [-0.2, -0.15) is 0 Å². The van der Waals surface area contributed by atoms with E-state index in [0.717, 1.165) is 6.61 Å². The van der Waals surface area contributed by atoms with Crippen LogP contribution in [-0.4, -0.2) is 13.7 Å². The quantitative estimate of drug-likeness (QED) is 0.604. The Kier molecular flexibility index (Phi) is 3.37. The summed E-state index contributed by atoms with van der Waals surface area (Å²) in [7, 11) is 1.76. The summed E-state index contributed by atoms with van der Waals surface area (Å²) in [5.41, 5.74) is 1.52. The number of rotatable bonds is 3. The van der Waals surface area contributed by atoms with Crippen molar-refractivity contribution in [1.82, 2.24) is 0 Å². The molecule has 0 saturated heterocycles. The van der Waals surface area contributed by atoms with E-state index in [0.29, 0.717) is 5.92 Å². The fourth-order valence-electron chi connectivity index (χ4n) is 1.39. The average Bonchev–Trinajstić information content (AvgIpc) is 2.07. The van der Waals surface area contributed by atoms with Crippen LogP contribution in [0.2, 0.25) is 0 Å². The van der Waals surface area contributed by atoms with Crippen molar-refractivity contribution in [2.75, 3.05) is 13.7 Å². The van der Waals surface area contributed by atoms with Gasteiger partial charge in [-0.1, -0.05) is 30.7 Å². The molecule has 0 heterocycles. The maximum Gasteiger partial charge on any atom is 0.0525 e. The van der Waals surface area contributed by atoms with E-state index in [4.69, 9.17) is 4.74 Å². The average molecular weight is 152 g/mol. The van der Waals surface area contributed by atoms with Crippen molar-refractivity contribution in [3.05, 3.63) is 23.8 Å². The minimum absolute atomic E-state index is 0.588. The lowest BCUT2D eigenvalue weighted by Crippen LogP contribution is -2.07. The third kappa shape index (κ3) is 2.51. The predicted molar refractivity (Wildman–Crippen MR) is 47.5 cm³/mol. The van der Waals surface area contributed by atoms with E-state index in [1.807, 2.05) is 0 Å². The highest BCUT2D eigenvalue weighted by molar-refractivity contribution is 5.19. The summed E-state index contributed by atoms with van der Waals surface area (Å²) >= 11 is 0. The van der Waals surface area contributed by atoms with Crippen LogP contribution in [0.15, 0.2) is 23.8 Å². The Morgan fingerprint density at radius 1 is 1.64 bits per heavy atom. The maximum absolute atomic E-state index is 5.09. The van der Waals surface area contributed by atoms with Gasteiger partial charge >= 0.3 is 0 Å². The van der Waals surface area contributed by atoms with Crippen LogP contribution in [0.5, 0.6) is 0 Å². The maximum atomic E-state index is 5.09. The molecule has 0 N–H and O–H groups in total. The Bertz CT molecular complexity index is 168. The molecule has 0 spiro atoms. The molecule has 0 radical (unpaired) electrons. The molecule has 0 bridgehead atoms. The van der Waals surface area contributed by atoms with Crippen LogP contribution in [0.1, 0.15) is 19.8 Å². The second-order valence-corrected chi connectivity index (χ2v) is 3.06. The van der Waals surface area contributed by atoms with Gasteiger partial charge in [-0.15, -0.1) is 0 Å². The molecule has 1 aliphatic carbocycles. The molecule has 1 heteroatoms. The molecule has 1 aliphatic rings. The van der Waals surface area contributed by atoms with Crippen molar-refractivity contribution in [1.29, 1.82) is 0 Å². The van der Waals surface area contributed by atoms with Crippen molar-refractivity contribution < 1.29 is 4.74 Å². The van der Waals surface area contributed by atoms with Gasteiger partial charge in [0.15, 0.2) is 0 Å². The smallest absolute Gasteiger partial charge is 0.0525 e. The Morgan fingerprint density at radius 2 is 2.45 bits per heavy atom. The summed E-state index contributed by atoms with van der Waals surface area (Å²) in [5.74, 6) is 0.588. The molecular weight excluding hydrogens is 136 g/mol. The minimum atomic E-state index is 0.588. The van der Waals surface area contributed by atoms with Gasteiger partial charge in [-0.3, -0.25) is 0 Å². The van der Waals surface area contributed by atoms with Crippen molar-refractivity contribution in [2.45, 2.75) is 19.8 Å². The molecule has 0 aliphatic heterocycles. The number of ether oxygens (including phenoxy) is 1. The summed E-state index contributed by atoms with van der Waals surface area (Å²) in [4.78, 5) is 0. The minimum Gasteiger partial charge on any atom is -0.384 e. The van der Waals surface area contributed by atoms with Crippen LogP contribution >= 0.6 is 0 Å². The number of hydrogen-bond donors (Lipinski definition) is 0. The Labute approximate surface area is 68.8 Å². The molecule has 1 nitrogen and oxygen atoms in total. The molecule has 0 aromatic heterocycles. The first-order chi connectivity index (χ1) is 5.34. The molecule has 0 amide bonds. The van der Waals surface area contributed by atoms with Crippen LogP contribution in [0.4, 0.5) is 0 Å². The van der Waals surface area contributed by atoms with Gasteiger partial charge in [-0.25, -0.2) is 0 Å². The molecule has 1 atom stereocenters. The van der Waals surface area contributed by atoms with E-state index < -0.39 is 0 Å². The van der Waals surface area contributed by atoms with Gasteiger partial charge in [-0.05, 0) is 12.8 Å². The largest absolute Gasteiger partial charge is 0.384 e. The molecule has 0 fully saturated rings. The van der Waals surface area contributed by atoms with Crippen LogP contribution in [0.3, 0.4) is 0 Å². The topological polar surface area (TPSA) is 9.23 Å². The fourth-order valence-corrected chi connectivity index (χ4v) is 1.39. The van der Waals surface area contributed by atoms with Gasteiger partial charge in [0.05, 0.1) is 6.61 Å². The highest BCUT2D eigenvalue weighted by Crippen LogP contribution is 2.20. The highest BCUT2D eigenvalue weighted by Gasteiger charge is 2.08. The van der Waals surface area contributed by atoms with E-state index in [1.165, 1.54) is 18.4 Å². The van der Waals surface area contributed by atoms with Gasteiger partial charge in [0, 0.05) is 13.0 Å². The van der Waals surface area contributed by atoms with Crippen LogP contribution in [0, 0.1) is 5.92 Å². The lowest BCUT2D eigenvalue weighted by molar-refractivity contribution is 0.171. The monoisotopic (exact) mass is 152 g/mol. The number of allylic oxidation sites excluding steroid dienone is 3. The highest BCUT2D eigenvalue weighted by atomic mass is 16.5. The van der Waals surface area contributed by atoms with Gasteiger partial charge < -0.3 is 4.74 Å². The molecule has 11 heavy (non-hydrogen) atoms. The predicted octanol–water partition coefficient (Wildman–Crippen LogP) is 2.55. The lowest BCUT2D eigenvalue weighted by Gasteiger charge is -2.15. The Morgan fingerprint density at radius 3 is 3.00 bits per heavy atom. The SMILES string of the molecule is COC[C@H](C)C1=CC=CCC1. The molecule has 0 saturated carbocycles. The first-order valence-corrected chi connectivity index (χ1v) is 4.19. The number of hydrogen-bond acceptors (Lipinski definition) is 1. The Hall–Kier alpha value is -0.560. The lowest BCUT2D eigenvalue weighted by atomic mass is 9.94. The van der Waals surface area contributed by atoms with Crippen molar-refractivity contribution in [3.8, 4) is 0 Å². The zero-order valence-electron chi connectivity index (χ0n) is 7.34. The second-order valence-electron chi connectivity index (χ2n) is 3.06. The van der Waals surface area contributed by atoms with Crippen LogP contribution < -0.4 is 0 Å². The van der Waals surface area contributed by atoms with Crippen molar-refractivity contribution in [3.63, 3.8) is 0 Å². The van der Waals surface area contributed by atoms with Crippen LogP contribution in [-0.2, 0) is 4.74 Å². The van der Waals surface area contributed by atoms with E-state index in [1.54, 1.807) is 7.11 Å². The fraction of sp³-hybridized carbons (Fsp3) is 0.600. The molecule has 0 aromatic rings. The normalized spacial score (nSPS) is 19.6. The van der Waals surface area contributed by atoms with Gasteiger partial charge in [0.1, 0.15) is 0 Å². The third-order valence-corrected chi connectivity index (χ3v) is 2.10. The summed E-state index contributed by atoms with van der Waals surface area (Å²) in [6.45, 7) is 3.06. The summed E-state index contributed by atoms with van der Waals surface area (Å²) in [6, 6.07) is 0. The van der Waals surface area contributed by atoms with Crippen molar-refractivity contribution in [2.24, 2.45) is 5.92 Å². The molecule has 0 unspecified atom stereocenters. The molecule has 62 valence electrons. The van der Waals surface area contributed by atoms with Gasteiger partial charge in [0.2, 0.25) is 0 Å². The van der Waals surface area contributed by atoms with E-state index >= 15 is 0 Å². The summed E-state index contributed by atoms with van der Waals surface area (Å²) in [6.07, 6.45) is 8.97. The zero-order valence-corrected chi connectivity index (χ0v) is 7.34. The van der Waals surface area contributed by atoms with Crippen molar-refractivity contribution >= 4 is 0 Å². The molecular formula is C10H16O. The molecule has 0 aromatic carbocycles. The molecule has 1 rings (SSSR count). The summed E-state index contributed by atoms with van der Waals surface area (Å²) < 4.78 is 5.09.